The van der Waals surface area contributed by atoms with Crippen molar-refractivity contribution < 1.29 is 14.3 Å². The Morgan fingerprint density at radius 3 is 2.24 bits per heavy atom. The zero-order valence-corrected chi connectivity index (χ0v) is 24.8. The van der Waals surface area contributed by atoms with Gasteiger partial charge in [-0.1, -0.05) is 12.6 Å². The molecule has 0 radical (unpaired) electrons. The number of ether oxygens (including phenoxy) is 2. The van der Waals surface area contributed by atoms with Gasteiger partial charge >= 0.3 is 0 Å². The van der Waals surface area contributed by atoms with Gasteiger partial charge in [0.2, 0.25) is 11.9 Å². The van der Waals surface area contributed by atoms with Crippen molar-refractivity contribution in [2.24, 2.45) is 0 Å². The van der Waals surface area contributed by atoms with Crippen molar-refractivity contribution in [3.8, 4) is 17.3 Å². The topological polar surface area (TPSA) is 128 Å². The summed E-state index contributed by atoms with van der Waals surface area (Å²) in [4.78, 5) is 26.2. The maximum absolute atomic E-state index is 12.1. The lowest BCUT2D eigenvalue weighted by Gasteiger charge is -2.29. The average Bonchev–Trinajstić information content (AvgIpc) is 3.10. The lowest BCUT2D eigenvalue weighted by atomic mass is 10.1. The van der Waals surface area contributed by atoms with Crippen LogP contribution in [-0.4, -0.2) is 68.5 Å². The van der Waals surface area contributed by atoms with Gasteiger partial charge in [0.15, 0.2) is 0 Å². The molecule has 1 aromatic heterocycles. The molecule has 0 unspecified atom stereocenters. The number of benzene rings is 3. The second kappa shape index (κ2) is 13.9. The number of carbonyl (C=O) groups is 1. The van der Waals surface area contributed by atoms with Crippen molar-refractivity contribution in [1.29, 1.82) is 5.26 Å². The third kappa shape index (κ3) is 7.38. The third-order valence-electron chi connectivity index (χ3n) is 7.58. The van der Waals surface area contributed by atoms with E-state index in [-0.39, 0.29) is 5.91 Å². The predicted octanol–water partition coefficient (Wildman–Crippen LogP) is 5.30. The Labute approximate surface area is 262 Å². The Balaban J connectivity index is 1.33. The molecule has 0 aliphatic carbocycles. The van der Waals surface area contributed by atoms with Crippen molar-refractivity contribution in [2.45, 2.75) is 0 Å². The van der Waals surface area contributed by atoms with E-state index in [1.807, 2.05) is 24.3 Å². The van der Waals surface area contributed by atoms with Gasteiger partial charge in [0.05, 0.1) is 55.6 Å². The fourth-order valence-corrected chi connectivity index (χ4v) is 5.31. The van der Waals surface area contributed by atoms with Crippen LogP contribution in [0.1, 0.15) is 5.56 Å². The van der Waals surface area contributed by atoms with E-state index in [4.69, 9.17) is 14.5 Å². The van der Waals surface area contributed by atoms with Gasteiger partial charge in [0.25, 0.3) is 0 Å². The van der Waals surface area contributed by atoms with Gasteiger partial charge in [0, 0.05) is 60.2 Å². The predicted molar refractivity (Wildman–Crippen MR) is 177 cm³/mol. The van der Waals surface area contributed by atoms with Gasteiger partial charge in [-0.15, -0.1) is 0 Å². The summed E-state index contributed by atoms with van der Waals surface area (Å²) in [5.41, 5.74) is 6.57. The minimum Gasteiger partial charge on any atom is -0.378 e. The summed E-state index contributed by atoms with van der Waals surface area (Å²) in [5, 5.41) is 19.3. The molecular weight excluding hydrogens is 568 g/mol. The minimum absolute atomic E-state index is 0.374. The van der Waals surface area contributed by atoms with Crippen molar-refractivity contribution in [3.05, 3.63) is 91.1 Å². The molecule has 4 aromatic rings. The fourth-order valence-electron chi connectivity index (χ4n) is 5.31. The number of aromatic nitrogens is 2. The molecule has 6 rings (SSSR count). The summed E-state index contributed by atoms with van der Waals surface area (Å²) in [5.74, 6) is 0.0105. The van der Waals surface area contributed by atoms with Crippen molar-refractivity contribution >= 4 is 46.0 Å². The molecule has 3 aromatic carbocycles. The highest BCUT2D eigenvalue weighted by molar-refractivity contribution is 5.99. The molecule has 2 aliphatic heterocycles. The zero-order chi connectivity index (χ0) is 31.0. The zero-order valence-electron chi connectivity index (χ0n) is 24.8. The lowest BCUT2D eigenvalue weighted by molar-refractivity contribution is -0.111. The normalized spacial score (nSPS) is 14.7. The molecule has 0 bridgehead atoms. The molecule has 228 valence electrons. The van der Waals surface area contributed by atoms with Crippen LogP contribution in [-0.2, 0) is 14.3 Å². The maximum atomic E-state index is 12.1. The first-order chi connectivity index (χ1) is 22.1. The smallest absolute Gasteiger partial charge is 0.247 e. The molecule has 0 spiro atoms. The van der Waals surface area contributed by atoms with Crippen LogP contribution in [0.4, 0.5) is 40.1 Å². The van der Waals surface area contributed by atoms with Crippen LogP contribution in [0.25, 0.3) is 11.3 Å². The van der Waals surface area contributed by atoms with Gasteiger partial charge < -0.3 is 35.2 Å². The van der Waals surface area contributed by atoms with Crippen molar-refractivity contribution in [2.75, 3.05) is 78.4 Å². The highest BCUT2D eigenvalue weighted by Crippen LogP contribution is 2.33. The van der Waals surface area contributed by atoms with Crippen LogP contribution in [0.5, 0.6) is 0 Å². The van der Waals surface area contributed by atoms with Crippen molar-refractivity contribution in [1.82, 2.24) is 9.97 Å². The second-order valence-electron chi connectivity index (χ2n) is 10.6. The molecule has 3 heterocycles. The molecule has 11 heteroatoms. The SMILES string of the molecule is C=CC(=O)Nc1cc(C#N)cc(-c2nc(Nc3cccc(N4CCOCC4)c3)ncc2Nc2ccc(N3CCOCC3)cc2)c1. The summed E-state index contributed by atoms with van der Waals surface area (Å²) in [6.07, 6.45) is 2.90. The number of nitriles is 1. The monoisotopic (exact) mass is 602 g/mol. The molecule has 11 nitrogen and oxygen atoms in total. The van der Waals surface area contributed by atoms with Crippen LogP contribution in [0.3, 0.4) is 0 Å². The van der Waals surface area contributed by atoms with E-state index in [1.54, 1.807) is 24.4 Å². The lowest BCUT2D eigenvalue weighted by Crippen LogP contribution is -2.36. The first kappa shape index (κ1) is 29.6. The van der Waals surface area contributed by atoms with Crippen LogP contribution >= 0.6 is 0 Å². The van der Waals surface area contributed by atoms with E-state index in [0.717, 1.165) is 62.1 Å². The van der Waals surface area contributed by atoms with Gasteiger partial charge in [-0.05, 0) is 66.7 Å². The van der Waals surface area contributed by atoms with Gasteiger partial charge in [-0.25, -0.2) is 9.97 Å². The molecule has 2 fully saturated rings. The molecule has 0 saturated carbocycles. The van der Waals surface area contributed by atoms with Crippen LogP contribution < -0.4 is 25.8 Å². The van der Waals surface area contributed by atoms with Crippen LogP contribution in [0, 0.1) is 11.3 Å². The third-order valence-corrected chi connectivity index (χ3v) is 7.58. The molecule has 45 heavy (non-hydrogen) atoms. The van der Waals surface area contributed by atoms with E-state index in [1.165, 1.54) is 6.08 Å². The highest BCUT2D eigenvalue weighted by atomic mass is 16.5. The number of anilines is 7. The summed E-state index contributed by atoms with van der Waals surface area (Å²) in [6, 6.07) is 23.6. The summed E-state index contributed by atoms with van der Waals surface area (Å²) >= 11 is 0. The molecule has 1 amide bonds. The summed E-state index contributed by atoms with van der Waals surface area (Å²) in [6.45, 7) is 9.74. The quantitative estimate of drug-likeness (QED) is 0.217. The Morgan fingerprint density at radius 2 is 1.56 bits per heavy atom. The minimum atomic E-state index is -0.375. The Kier molecular flexibility index (Phi) is 9.15. The molecular formula is C34H34N8O3. The van der Waals surface area contributed by atoms with Crippen LogP contribution in [0.2, 0.25) is 0 Å². The van der Waals surface area contributed by atoms with E-state index in [9.17, 15) is 10.1 Å². The van der Waals surface area contributed by atoms with Gasteiger partial charge in [-0.3, -0.25) is 4.79 Å². The summed E-state index contributed by atoms with van der Waals surface area (Å²) in [7, 11) is 0. The van der Waals surface area contributed by atoms with Gasteiger partial charge in [0.1, 0.15) is 0 Å². The largest absolute Gasteiger partial charge is 0.378 e. The number of morpholine rings is 2. The van der Waals surface area contributed by atoms with E-state index in [2.05, 4.69) is 67.6 Å². The first-order valence-corrected chi connectivity index (χ1v) is 14.8. The molecule has 0 atom stereocenters. The average molecular weight is 603 g/mol. The Bertz CT molecular complexity index is 1710. The van der Waals surface area contributed by atoms with E-state index < -0.39 is 0 Å². The fraction of sp³-hybridized carbons (Fsp3) is 0.235. The Morgan fingerprint density at radius 1 is 0.844 bits per heavy atom. The van der Waals surface area contributed by atoms with Crippen LogP contribution in [0.15, 0.2) is 85.6 Å². The summed E-state index contributed by atoms with van der Waals surface area (Å²) < 4.78 is 11.0. The van der Waals surface area contributed by atoms with E-state index in [0.29, 0.717) is 47.4 Å². The Hall–Kier alpha value is -5.44. The second-order valence-corrected chi connectivity index (χ2v) is 10.6. The number of amides is 1. The maximum Gasteiger partial charge on any atom is 0.247 e. The standard InChI is InChI=1S/C34H34N8O3/c1-2-32(43)38-28-19-24(22-35)18-25(20-28)33-31(37-26-6-8-29(9-7-26)41-10-14-44-15-11-41)23-36-34(40-33)39-27-4-3-5-30(21-27)42-12-16-45-17-13-42/h2-9,18-21,23,37H,1,10-17H2,(H,38,43)(H,36,39,40). The number of hydrogen-bond acceptors (Lipinski definition) is 10. The molecule has 3 N–H and O–H groups in total. The number of nitrogens with zero attached hydrogens (tertiary/aromatic N) is 5. The first-order valence-electron chi connectivity index (χ1n) is 14.8. The van der Waals surface area contributed by atoms with E-state index >= 15 is 0 Å². The molecule has 2 aliphatic rings. The highest BCUT2D eigenvalue weighted by Gasteiger charge is 2.16. The number of carbonyl (C=O) groups excluding carboxylic acids is 1. The van der Waals surface area contributed by atoms with Gasteiger partial charge in [-0.2, -0.15) is 5.26 Å². The van der Waals surface area contributed by atoms with Crippen molar-refractivity contribution in [3.63, 3.8) is 0 Å². The number of rotatable bonds is 9. The number of nitrogens with one attached hydrogen (secondary N) is 3. The molecule has 2 saturated heterocycles. The number of hydrogen-bond donors (Lipinski definition) is 3.